The number of benzene rings is 1. The van der Waals surface area contributed by atoms with Gasteiger partial charge in [-0.15, -0.1) is 0 Å². The van der Waals surface area contributed by atoms with Gasteiger partial charge < -0.3 is 24.8 Å². The molecule has 0 radical (unpaired) electrons. The van der Waals surface area contributed by atoms with Crippen LogP contribution >= 0.6 is 0 Å². The van der Waals surface area contributed by atoms with Gasteiger partial charge in [-0.25, -0.2) is 4.98 Å². The number of fused-ring (bicyclic) bond motifs is 1. The molecular formula is C24H30N6O3S. The predicted molar refractivity (Wildman–Crippen MR) is 133 cm³/mol. The van der Waals surface area contributed by atoms with Crippen LogP contribution in [0.3, 0.4) is 0 Å². The van der Waals surface area contributed by atoms with Gasteiger partial charge in [0.25, 0.3) is 5.91 Å². The van der Waals surface area contributed by atoms with Gasteiger partial charge in [0, 0.05) is 43.9 Å². The number of piperidine rings is 2. The summed E-state index contributed by atoms with van der Waals surface area (Å²) in [5.74, 6) is 1.95. The zero-order chi connectivity index (χ0) is 23.5. The quantitative estimate of drug-likeness (QED) is 0.629. The lowest BCUT2D eigenvalue weighted by atomic mass is 9.98. The fourth-order valence-electron chi connectivity index (χ4n) is 4.88. The Balaban J connectivity index is 1.23. The minimum atomic E-state index is -1.57. The van der Waals surface area contributed by atoms with Crippen LogP contribution in [0.15, 0.2) is 40.9 Å². The average molecular weight is 483 g/mol. The van der Waals surface area contributed by atoms with Crippen molar-refractivity contribution in [2.45, 2.75) is 32.1 Å². The number of nitrogens with one attached hydrogen (secondary N) is 1. The molecule has 3 aliphatic rings. The monoisotopic (exact) mass is 482 g/mol. The van der Waals surface area contributed by atoms with E-state index in [1.165, 1.54) is 19.3 Å². The predicted octanol–water partition coefficient (Wildman–Crippen LogP) is 2.71. The third kappa shape index (κ3) is 4.92. The maximum atomic E-state index is 13.3. The molecular weight excluding hydrogens is 452 g/mol. The molecule has 2 fully saturated rings. The van der Waals surface area contributed by atoms with Crippen molar-refractivity contribution in [1.29, 1.82) is 0 Å². The Morgan fingerprint density at radius 3 is 2.91 bits per heavy atom. The maximum Gasteiger partial charge on any atom is 0.254 e. The molecule has 5 rings (SSSR count). The Morgan fingerprint density at radius 2 is 2.06 bits per heavy atom. The molecule has 0 aliphatic carbocycles. The Morgan fingerprint density at radius 1 is 1.21 bits per heavy atom. The van der Waals surface area contributed by atoms with E-state index in [1.807, 2.05) is 29.2 Å². The number of rotatable bonds is 5. The Hall–Kier alpha value is -2.98. The molecule has 0 saturated carbocycles. The molecule has 3 aliphatic heterocycles. The Bertz CT molecular complexity index is 1070. The molecule has 3 N–H and O–H groups in total. The van der Waals surface area contributed by atoms with Crippen LogP contribution in [0.2, 0.25) is 0 Å². The normalized spacial score (nSPS) is 22.4. The van der Waals surface area contributed by atoms with Crippen molar-refractivity contribution >= 4 is 34.8 Å². The lowest BCUT2D eigenvalue weighted by Crippen LogP contribution is -2.41. The molecule has 9 nitrogen and oxygen atoms in total. The van der Waals surface area contributed by atoms with Crippen LogP contribution in [-0.4, -0.2) is 59.0 Å². The molecule has 0 bridgehead atoms. The number of amides is 1. The third-order valence-electron chi connectivity index (χ3n) is 6.61. The summed E-state index contributed by atoms with van der Waals surface area (Å²) in [4.78, 5) is 22.0. The van der Waals surface area contributed by atoms with E-state index in [0.717, 1.165) is 38.3 Å². The van der Waals surface area contributed by atoms with Crippen LogP contribution in [0.25, 0.3) is 0 Å². The van der Waals surface area contributed by atoms with Crippen molar-refractivity contribution in [1.82, 2.24) is 9.88 Å². The SMILES string of the molecule is NC1=N[S+]([O-])Nc2cccc(OCC3CCCN(C(=O)c4ccnc(N5CCCCC5)c4)C3)c21. The second-order valence-corrected chi connectivity index (χ2v) is 9.91. The summed E-state index contributed by atoms with van der Waals surface area (Å²) >= 11 is -1.57. The molecule has 2 aromatic rings. The van der Waals surface area contributed by atoms with Gasteiger partial charge in [0.1, 0.15) is 11.6 Å². The molecule has 2 unspecified atom stereocenters. The summed E-state index contributed by atoms with van der Waals surface area (Å²) in [5, 5.41) is 0. The van der Waals surface area contributed by atoms with Crippen LogP contribution in [0, 0.1) is 5.92 Å². The summed E-state index contributed by atoms with van der Waals surface area (Å²) < 4.78 is 24.6. The molecule has 10 heteroatoms. The highest BCUT2D eigenvalue weighted by Gasteiger charge is 2.28. The van der Waals surface area contributed by atoms with Crippen molar-refractivity contribution in [2.24, 2.45) is 16.0 Å². The van der Waals surface area contributed by atoms with Crippen LogP contribution in [0.4, 0.5) is 11.5 Å². The summed E-state index contributed by atoms with van der Waals surface area (Å²) in [5.41, 5.74) is 7.98. The van der Waals surface area contributed by atoms with E-state index >= 15 is 0 Å². The number of carbonyl (C=O) groups excluding carboxylic acids is 1. The molecule has 1 amide bonds. The number of anilines is 2. The standard InChI is InChI=1S/C24H30N6O3S/c25-23-22-19(27-34(32)28-23)7-4-8-20(22)33-16-17-6-5-13-30(15-17)24(31)18-9-10-26-21(14-18)29-11-2-1-3-12-29/h4,7-10,14,17,27H,1-3,5-6,11-13,15-16H2,(H2,25,28). The lowest BCUT2D eigenvalue weighted by molar-refractivity contribution is 0.0633. The zero-order valence-corrected chi connectivity index (χ0v) is 19.9. The van der Waals surface area contributed by atoms with Gasteiger partial charge >= 0.3 is 0 Å². The minimum Gasteiger partial charge on any atom is -0.566 e. The smallest absolute Gasteiger partial charge is 0.254 e. The number of amidine groups is 1. The summed E-state index contributed by atoms with van der Waals surface area (Å²) in [6.07, 6.45) is 7.26. The van der Waals surface area contributed by atoms with E-state index in [-0.39, 0.29) is 17.7 Å². The van der Waals surface area contributed by atoms with E-state index in [0.29, 0.717) is 35.7 Å². The number of aromatic nitrogens is 1. The first kappa shape index (κ1) is 22.8. The highest BCUT2D eigenvalue weighted by atomic mass is 32.2. The van der Waals surface area contributed by atoms with Gasteiger partial charge in [-0.2, -0.15) is 4.72 Å². The number of hydrogen-bond donors (Lipinski definition) is 2. The largest absolute Gasteiger partial charge is 0.566 e. The van der Waals surface area contributed by atoms with Crippen LogP contribution in [0.5, 0.6) is 5.75 Å². The maximum absolute atomic E-state index is 13.3. The summed E-state index contributed by atoms with van der Waals surface area (Å²) in [6.45, 7) is 3.84. The van der Waals surface area contributed by atoms with Crippen LogP contribution in [-0.2, 0) is 11.5 Å². The number of nitrogens with two attached hydrogens (primary N) is 1. The van der Waals surface area contributed by atoms with Crippen LogP contribution in [0.1, 0.15) is 48.0 Å². The Kier molecular flexibility index (Phi) is 6.77. The van der Waals surface area contributed by atoms with Crippen molar-refractivity contribution < 1.29 is 14.1 Å². The summed E-state index contributed by atoms with van der Waals surface area (Å²) in [6, 6.07) is 9.21. The van der Waals surface area contributed by atoms with Gasteiger partial charge in [-0.05, 0) is 60.8 Å². The first-order valence-electron chi connectivity index (χ1n) is 11.9. The highest BCUT2D eigenvalue weighted by Crippen LogP contribution is 2.31. The van der Waals surface area contributed by atoms with Gasteiger partial charge in [0.2, 0.25) is 11.5 Å². The molecule has 0 spiro atoms. The first-order valence-corrected chi connectivity index (χ1v) is 13.0. The van der Waals surface area contributed by atoms with Crippen molar-refractivity contribution in [2.75, 3.05) is 42.4 Å². The van der Waals surface area contributed by atoms with E-state index in [1.54, 1.807) is 12.3 Å². The lowest BCUT2D eigenvalue weighted by Gasteiger charge is -2.33. The van der Waals surface area contributed by atoms with E-state index in [2.05, 4.69) is 19.0 Å². The summed E-state index contributed by atoms with van der Waals surface area (Å²) in [7, 11) is 0. The number of ether oxygens (including phenoxy) is 1. The zero-order valence-electron chi connectivity index (χ0n) is 19.1. The molecule has 1 aromatic carbocycles. The molecule has 180 valence electrons. The number of nitrogens with zero attached hydrogens (tertiary/aromatic N) is 4. The molecule has 34 heavy (non-hydrogen) atoms. The van der Waals surface area contributed by atoms with Gasteiger partial charge in [-0.1, -0.05) is 6.07 Å². The van der Waals surface area contributed by atoms with Gasteiger partial charge in [0.05, 0.1) is 17.9 Å². The second kappa shape index (κ2) is 10.1. The van der Waals surface area contributed by atoms with Crippen molar-refractivity contribution in [3.8, 4) is 5.75 Å². The number of likely N-dealkylation sites (tertiary alicyclic amines) is 1. The molecule has 1 aromatic heterocycles. The number of hydrogen-bond acceptors (Lipinski definition) is 8. The van der Waals surface area contributed by atoms with E-state index in [4.69, 9.17) is 10.5 Å². The fourth-order valence-corrected chi connectivity index (χ4v) is 5.55. The average Bonchev–Trinajstić information content (AvgIpc) is 2.87. The molecule has 4 heterocycles. The molecule has 2 atom stereocenters. The van der Waals surface area contributed by atoms with E-state index in [9.17, 15) is 9.35 Å². The van der Waals surface area contributed by atoms with Gasteiger partial charge in [0.15, 0.2) is 5.84 Å². The Labute approximate surface area is 202 Å². The second-order valence-electron chi connectivity index (χ2n) is 9.03. The van der Waals surface area contributed by atoms with Crippen molar-refractivity contribution in [3.63, 3.8) is 0 Å². The fraction of sp³-hybridized carbons (Fsp3) is 0.458. The minimum absolute atomic E-state index is 0.0468. The van der Waals surface area contributed by atoms with E-state index < -0.39 is 11.5 Å². The first-order chi connectivity index (χ1) is 16.6. The highest BCUT2D eigenvalue weighted by molar-refractivity contribution is 7.91. The van der Waals surface area contributed by atoms with Crippen LogP contribution < -0.4 is 20.1 Å². The third-order valence-corrected chi connectivity index (χ3v) is 7.37. The number of pyridine rings is 1. The van der Waals surface area contributed by atoms with Crippen molar-refractivity contribution in [3.05, 3.63) is 47.7 Å². The topological polar surface area (TPSA) is 119 Å². The number of carbonyl (C=O) groups is 1. The molecule has 2 saturated heterocycles. The van der Waals surface area contributed by atoms with Gasteiger partial charge in [-0.3, -0.25) is 4.79 Å².